The number of aryl methyl sites for hydroxylation is 2. The second-order valence-electron chi connectivity index (χ2n) is 5.30. The fourth-order valence-electron chi connectivity index (χ4n) is 1.87. The van der Waals surface area contributed by atoms with Crippen LogP contribution in [0.2, 0.25) is 0 Å². The van der Waals surface area contributed by atoms with Gasteiger partial charge in [-0.15, -0.1) is 0 Å². The molecule has 8 nitrogen and oxygen atoms in total. The Balaban J connectivity index is 2.03. The molecule has 0 atom stereocenters. The van der Waals surface area contributed by atoms with E-state index in [0.717, 1.165) is 16.3 Å². The van der Waals surface area contributed by atoms with Crippen LogP contribution in [0.5, 0.6) is 0 Å². The Labute approximate surface area is 138 Å². The normalized spacial score (nSPS) is 12.2. The summed E-state index contributed by atoms with van der Waals surface area (Å²) in [6.45, 7) is 3.68. The van der Waals surface area contributed by atoms with Gasteiger partial charge >= 0.3 is 0 Å². The van der Waals surface area contributed by atoms with Gasteiger partial charge in [-0.1, -0.05) is 17.7 Å². The van der Waals surface area contributed by atoms with Crippen LogP contribution in [-0.2, 0) is 16.6 Å². The summed E-state index contributed by atoms with van der Waals surface area (Å²) < 4.78 is 25.3. The molecule has 2 aromatic rings. The van der Waals surface area contributed by atoms with Crippen molar-refractivity contribution in [1.82, 2.24) is 14.6 Å². The average molecular weight is 350 g/mol. The van der Waals surface area contributed by atoms with Crippen LogP contribution in [-0.4, -0.2) is 23.9 Å². The molecule has 128 valence electrons. The van der Waals surface area contributed by atoms with Crippen molar-refractivity contribution in [3.63, 3.8) is 0 Å². The third-order valence-corrected chi connectivity index (χ3v) is 4.50. The van der Waals surface area contributed by atoms with Crippen molar-refractivity contribution in [2.24, 2.45) is 5.10 Å². The van der Waals surface area contributed by atoms with Gasteiger partial charge < -0.3 is 0 Å². The zero-order chi connectivity index (χ0) is 17.7. The molecule has 0 aliphatic rings. The van der Waals surface area contributed by atoms with Crippen molar-refractivity contribution >= 4 is 15.7 Å². The summed E-state index contributed by atoms with van der Waals surface area (Å²) in [4.78, 5) is 25.0. The highest BCUT2D eigenvalue weighted by atomic mass is 32.2. The fourth-order valence-corrected chi connectivity index (χ4v) is 2.74. The van der Waals surface area contributed by atoms with E-state index in [0.29, 0.717) is 12.1 Å². The molecule has 0 fully saturated rings. The van der Waals surface area contributed by atoms with Crippen molar-refractivity contribution in [2.75, 3.05) is 0 Å². The van der Waals surface area contributed by atoms with Gasteiger partial charge in [0.25, 0.3) is 21.1 Å². The van der Waals surface area contributed by atoms with Crippen molar-refractivity contribution in [1.29, 1.82) is 0 Å². The van der Waals surface area contributed by atoms with Crippen molar-refractivity contribution in [3.8, 4) is 0 Å². The van der Waals surface area contributed by atoms with Crippen molar-refractivity contribution < 1.29 is 8.42 Å². The molecule has 2 rings (SSSR count). The van der Waals surface area contributed by atoms with Crippen LogP contribution in [0.15, 0.2) is 56.0 Å². The van der Waals surface area contributed by atoms with Gasteiger partial charge in [0, 0.05) is 30.8 Å². The Hall–Kier alpha value is -2.68. The van der Waals surface area contributed by atoms with E-state index in [9.17, 15) is 18.0 Å². The highest BCUT2D eigenvalue weighted by Crippen LogP contribution is 2.09. The number of hydrogen-bond donors (Lipinski definition) is 2. The molecule has 1 aromatic heterocycles. The van der Waals surface area contributed by atoms with Gasteiger partial charge in [0.15, 0.2) is 0 Å². The monoisotopic (exact) mass is 350 g/mol. The maximum atomic E-state index is 12.1. The number of H-pyrrole nitrogens is 1. The first-order valence-electron chi connectivity index (χ1n) is 7.20. The predicted molar refractivity (Wildman–Crippen MR) is 90.5 cm³/mol. The Morgan fingerprint density at radius 2 is 1.83 bits per heavy atom. The van der Waals surface area contributed by atoms with Crippen LogP contribution < -0.4 is 15.9 Å². The van der Waals surface area contributed by atoms with Crippen LogP contribution in [0.25, 0.3) is 0 Å². The number of nitrogens with one attached hydrogen (secondary N) is 2. The highest BCUT2D eigenvalue weighted by molar-refractivity contribution is 7.89. The van der Waals surface area contributed by atoms with Crippen LogP contribution in [0.4, 0.5) is 0 Å². The molecule has 0 saturated heterocycles. The minimum atomic E-state index is -3.73. The lowest BCUT2D eigenvalue weighted by Gasteiger charge is -2.07. The van der Waals surface area contributed by atoms with Crippen LogP contribution >= 0.6 is 0 Å². The second-order valence-corrected chi connectivity index (χ2v) is 6.96. The summed E-state index contributed by atoms with van der Waals surface area (Å²) >= 11 is 0. The largest absolute Gasteiger partial charge is 0.276 e. The van der Waals surface area contributed by atoms with E-state index in [1.807, 2.05) is 6.92 Å². The summed E-state index contributed by atoms with van der Waals surface area (Å²) in [5.41, 5.74) is 0.699. The van der Waals surface area contributed by atoms with Crippen molar-refractivity contribution in [3.05, 3.63) is 62.7 Å². The number of nitrogens with zero attached hydrogens (tertiary/aromatic N) is 2. The number of benzene rings is 1. The first-order chi connectivity index (χ1) is 11.3. The third kappa shape index (κ3) is 4.66. The molecule has 0 aliphatic carbocycles. The Morgan fingerprint density at radius 3 is 2.50 bits per heavy atom. The maximum Gasteiger partial charge on any atom is 0.276 e. The quantitative estimate of drug-likeness (QED) is 0.586. The molecule has 0 amide bonds. The van der Waals surface area contributed by atoms with Gasteiger partial charge in [-0.2, -0.15) is 13.5 Å². The van der Waals surface area contributed by atoms with Gasteiger partial charge in [-0.05, 0) is 26.0 Å². The van der Waals surface area contributed by atoms with E-state index in [1.54, 1.807) is 19.1 Å². The lowest BCUT2D eigenvalue weighted by atomic mass is 10.2. The number of hydrogen-bond acceptors (Lipinski definition) is 5. The second kappa shape index (κ2) is 7.26. The van der Waals surface area contributed by atoms with Crippen LogP contribution in [0, 0.1) is 6.92 Å². The molecule has 2 N–H and O–H groups in total. The summed E-state index contributed by atoms with van der Waals surface area (Å²) in [5, 5.41) is 6.22. The van der Waals surface area contributed by atoms with Gasteiger partial charge in [0.1, 0.15) is 0 Å². The highest BCUT2D eigenvalue weighted by Gasteiger charge is 2.12. The lowest BCUT2D eigenvalue weighted by Crippen LogP contribution is -2.28. The van der Waals surface area contributed by atoms with Gasteiger partial charge in [-0.3, -0.25) is 14.7 Å². The lowest BCUT2D eigenvalue weighted by molar-refractivity contribution is 0.578. The molecule has 1 heterocycles. The Bertz CT molecular complexity index is 956. The molecule has 9 heteroatoms. The topological polar surface area (TPSA) is 113 Å². The summed E-state index contributed by atoms with van der Waals surface area (Å²) in [7, 11) is -3.73. The smallest absolute Gasteiger partial charge is 0.268 e. The SMILES string of the molecule is C/C(CCn1[nH]c(=O)ccc1=O)=N/NS(=O)(=O)c1ccc(C)cc1. The van der Waals surface area contributed by atoms with E-state index in [4.69, 9.17) is 0 Å². The molecule has 0 unspecified atom stereocenters. The minimum absolute atomic E-state index is 0.119. The van der Waals surface area contributed by atoms with E-state index in [2.05, 4.69) is 15.0 Å². The minimum Gasteiger partial charge on any atom is -0.268 e. The molecule has 0 saturated carbocycles. The molecular formula is C15H18N4O4S. The average Bonchev–Trinajstić information content (AvgIpc) is 2.54. The van der Waals surface area contributed by atoms with E-state index in [1.165, 1.54) is 18.2 Å². The Kier molecular flexibility index (Phi) is 5.35. The first kappa shape index (κ1) is 17.7. The zero-order valence-electron chi connectivity index (χ0n) is 13.3. The molecule has 1 aromatic carbocycles. The summed E-state index contributed by atoms with van der Waals surface area (Å²) in [6, 6.07) is 8.71. The number of hydrazone groups is 1. The van der Waals surface area contributed by atoms with Gasteiger partial charge in [0.05, 0.1) is 4.90 Å². The molecular weight excluding hydrogens is 332 g/mol. The number of rotatable bonds is 6. The van der Waals surface area contributed by atoms with Crippen LogP contribution in [0.1, 0.15) is 18.9 Å². The number of aromatic amines is 1. The molecule has 0 radical (unpaired) electrons. The number of aromatic nitrogens is 2. The number of sulfonamides is 1. The van der Waals surface area contributed by atoms with Gasteiger partial charge in [-0.25, -0.2) is 9.51 Å². The Morgan fingerprint density at radius 1 is 1.17 bits per heavy atom. The van der Waals surface area contributed by atoms with E-state index in [-0.39, 0.29) is 22.6 Å². The summed E-state index contributed by atoms with van der Waals surface area (Å²) in [6.07, 6.45) is 0.302. The fraction of sp³-hybridized carbons (Fsp3) is 0.267. The van der Waals surface area contributed by atoms with Crippen LogP contribution in [0.3, 0.4) is 0 Å². The molecule has 0 spiro atoms. The third-order valence-electron chi connectivity index (χ3n) is 3.27. The first-order valence-corrected chi connectivity index (χ1v) is 8.68. The molecule has 0 aliphatic heterocycles. The van der Waals surface area contributed by atoms with Gasteiger partial charge in [0.2, 0.25) is 0 Å². The van der Waals surface area contributed by atoms with E-state index < -0.39 is 10.0 Å². The predicted octanol–water partition coefficient (Wildman–Crippen LogP) is 0.590. The maximum absolute atomic E-state index is 12.1. The standard InChI is InChI=1S/C15H18N4O4S/c1-11-3-5-13(6-4-11)24(22,23)18-16-12(2)9-10-19-15(21)8-7-14(20)17-19/h3-8,18H,9-10H2,1-2H3,(H,17,20)/b16-12-. The molecule has 0 bridgehead atoms. The summed E-state index contributed by atoms with van der Waals surface area (Å²) in [5.74, 6) is 0. The molecule has 24 heavy (non-hydrogen) atoms. The van der Waals surface area contributed by atoms with Crippen molar-refractivity contribution in [2.45, 2.75) is 31.7 Å². The van der Waals surface area contributed by atoms with E-state index >= 15 is 0 Å². The zero-order valence-corrected chi connectivity index (χ0v) is 14.1.